The van der Waals surface area contributed by atoms with Crippen LogP contribution in [0.5, 0.6) is 0 Å². The van der Waals surface area contributed by atoms with Gasteiger partial charge >= 0.3 is 0 Å². The lowest BCUT2D eigenvalue weighted by Crippen LogP contribution is -2.33. The van der Waals surface area contributed by atoms with Gasteiger partial charge in [0, 0.05) is 31.7 Å². The summed E-state index contributed by atoms with van der Waals surface area (Å²) in [7, 11) is 0. The van der Waals surface area contributed by atoms with E-state index in [1.807, 2.05) is 24.3 Å². The van der Waals surface area contributed by atoms with Gasteiger partial charge in [0.1, 0.15) is 0 Å². The minimum Gasteiger partial charge on any atom is -0.350 e. The maximum absolute atomic E-state index is 11.9. The van der Waals surface area contributed by atoms with Gasteiger partial charge in [0.15, 0.2) is 6.29 Å². The zero-order valence-corrected chi connectivity index (χ0v) is 13.1. The van der Waals surface area contributed by atoms with Gasteiger partial charge in [-0.05, 0) is 37.0 Å². The third-order valence-corrected chi connectivity index (χ3v) is 4.13. The summed E-state index contributed by atoms with van der Waals surface area (Å²) in [6, 6.07) is 7.52. The van der Waals surface area contributed by atoms with Crippen molar-refractivity contribution in [3.63, 3.8) is 0 Å². The van der Waals surface area contributed by atoms with Crippen molar-refractivity contribution in [1.29, 1.82) is 0 Å². The average Bonchev–Trinajstić information content (AvgIpc) is 3.01. The molecule has 3 rings (SSSR count). The number of nitrogens with zero attached hydrogens (tertiary/aromatic N) is 1. The summed E-state index contributed by atoms with van der Waals surface area (Å²) in [4.78, 5) is 30.6. The van der Waals surface area contributed by atoms with Gasteiger partial charge in [-0.2, -0.15) is 0 Å². The van der Waals surface area contributed by atoms with Crippen molar-refractivity contribution in [2.75, 3.05) is 18.1 Å². The highest BCUT2D eigenvalue weighted by Gasteiger charge is 2.21. The molecule has 6 heteroatoms. The Morgan fingerprint density at radius 1 is 1.26 bits per heavy atom. The highest BCUT2D eigenvalue weighted by Crippen LogP contribution is 2.21. The molecule has 0 radical (unpaired) electrons. The first-order valence-electron chi connectivity index (χ1n) is 8.18. The molecule has 6 nitrogen and oxygen atoms in total. The number of hydroxylamine groups is 1. The molecule has 1 atom stereocenters. The van der Waals surface area contributed by atoms with E-state index in [0.717, 1.165) is 43.5 Å². The zero-order valence-electron chi connectivity index (χ0n) is 13.1. The molecule has 2 heterocycles. The van der Waals surface area contributed by atoms with Crippen LogP contribution in [0.1, 0.15) is 37.7 Å². The molecule has 0 spiro atoms. The molecule has 2 saturated heterocycles. The maximum atomic E-state index is 11.9. The molecule has 0 aliphatic carbocycles. The molecule has 2 amide bonds. The quantitative estimate of drug-likeness (QED) is 0.842. The molecule has 23 heavy (non-hydrogen) atoms. The van der Waals surface area contributed by atoms with Crippen LogP contribution in [0.3, 0.4) is 0 Å². The van der Waals surface area contributed by atoms with Crippen LogP contribution in [0.2, 0.25) is 0 Å². The molecule has 1 unspecified atom stereocenters. The summed E-state index contributed by atoms with van der Waals surface area (Å²) in [5.41, 5.74) is 4.22. The minimum absolute atomic E-state index is 0.163. The number of carbonyl (C=O) groups excluding carboxylic acids is 2. The van der Waals surface area contributed by atoms with Crippen LogP contribution in [0.25, 0.3) is 0 Å². The van der Waals surface area contributed by atoms with Crippen molar-refractivity contribution in [2.45, 2.75) is 44.8 Å². The summed E-state index contributed by atoms with van der Waals surface area (Å²) < 4.78 is 5.39. The molecule has 124 valence electrons. The second-order valence-corrected chi connectivity index (χ2v) is 5.93. The Morgan fingerprint density at radius 2 is 2.09 bits per heavy atom. The molecule has 1 aromatic rings. The topological polar surface area (TPSA) is 67.9 Å². The van der Waals surface area contributed by atoms with Crippen molar-refractivity contribution in [3.8, 4) is 0 Å². The Labute approximate surface area is 135 Å². The van der Waals surface area contributed by atoms with Crippen molar-refractivity contribution in [2.24, 2.45) is 0 Å². The molecule has 0 aromatic heterocycles. The van der Waals surface area contributed by atoms with Gasteiger partial charge in [-0.15, -0.1) is 0 Å². The van der Waals surface area contributed by atoms with Crippen molar-refractivity contribution in [3.05, 3.63) is 29.8 Å². The molecular formula is C17H22N2O4. The highest BCUT2D eigenvalue weighted by molar-refractivity contribution is 5.95. The van der Waals surface area contributed by atoms with Crippen LogP contribution in [0.15, 0.2) is 24.3 Å². The van der Waals surface area contributed by atoms with Crippen LogP contribution in [-0.4, -0.2) is 31.3 Å². The van der Waals surface area contributed by atoms with Gasteiger partial charge in [-0.3, -0.25) is 9.59 Å². The minimum atomic E-state index is -0.337. The van der Waals surface area contributed by atoms with E-state index in [-0.39, 0.29) is 24.5 Å². The van der Waals surface area contributed by atoms with E-state index in [1.54, 1.807) is 4.90 Å². The van der Waals surface area contributed by atoms with E-state index in [1.165, 1.54) is 0 Å². The molecule has 2 fully saturated rings. The molecule has 1 N–H and O–H groups in total. The van der Waals surface area contributed by atoms with E-state index in [0.29, 0.717) is 13.0 Å². The molecule has 2 aliphatic heterocycles. The first-order chi connectivity index (χ1) is 11.2. The standard InChI is InChI=1S/C17H22N2O4/c20-15(18-23-17-5-1-2-11-22-17)12-13-6-8-14(9-7-13)19-10-3-4-16(19)21/h6-9,17H,1-5,10-12H2,(H,18,20). The third-order valence-electron chi connectivity index (χ3n) is 4.13. The van der Waals surface area contributed by atoms with Crippen LogP contribution in [0, 0.1) is 0 Å². The Morgan fingerprint density at radius 3 is 2.74 bits per heavy atom. The van der Waals surface area contributed by atoms with Gasteiger partial charge in [-0.25, -0.2) is 10.3 Å². The van der Waals surface area contributed by atoms with E-state index in [4.69, 9.17) is 9.57 Å². The number of hydrogen-bond acceptors (Lipinski definition) is 4. The smallest absolute Gasteiger partial charge is 0.248 e. The summed E-state index contributed by atoms with van der Waals surface area (Å²) in [6.45, 7) is 1.45. The number of benzene rings is 1. The van der Waals surface area contributed by atoms with Crippen LogP contribution in [0.4, 0.5) is 5.69 Å². The number of anilines is 1. The SMILES string of the molecule is O=C(Cc1ccc(N2CCCC2=O)cc1)NOC1CCCCO1. The predicted octanol–water partition coefficient (Wildman–Crippen LogP) is 1.93. The first-order valence-corrected chi connectivity index (χ1v) is 8.18. The van der Waals surface area contributed by atoms with Crippen LogP contribution in [-0.2, 0) is 25.6 Å². The lowest BCUT2D eigenvalue weighted by molar-refractivity contribution is -0.200. The Kier molecular flexibility index (Phi) is 5.25. The highest BCUT2D eigenvalue weighted by atomic mass is 16.8. The van der Waals surface area contributed by atoms with Crippen molar-refractivity contribution in [1.82, 2.24) is 5.48 Å². The average molecular weight is 318 g/mol. The predicted molar refractivity (Wildman–Crippen MR) is 84.6 cm³/mol. The molecule has 1 aromatic carbocycles. The second-order valence-electron chi connectivity index (χ2n) is 5.93. The third kappa shape index (κ3) is 4.30. The number of nitrogens with one attached hydrogen (secondary N) is 1. The summed E-state index contributed by atoms with van der Waals surface area (Å²) in [6.07, 6.45) is 4.32. The first kappa shape index (κ1) is 16.0. The largest absolute Gasteiger partial charge is 0.350 e. The molecule has 2 aliphatic rings. The zero-order chi connectivity index (χ0) is 16.1. The fourth-order valence-electron chi connectivity index (χ4n) is 2.87. The van der Waals surface area contributed by atoms with Gasteiger partial charge in [0.2, 0.25) is 11.8 Å². The van der Waals surface area contributed by atoms with Crippen molar-refractivity contribution >= 4 is 17.5 Å². The number of rotatable bonds is 5. The van der Waals surface area contributed by atoms with E-state index < -0.39 is 0 Å². The second kappa shape index (κ2) is 7.57. The van der Waals surface area contributed by atoms with Crippen LogP contribution < -0.4 is 10.4 Å². The Balaban J connectivity index is 1.47. The summed E-state index contributed by atoms with van der Waals surface area (Å²) >= 11 is 0. The number of amides is 2. The van der Waals surface area contributed by atoms with Gasteiger partial charge in [0.25, 0.3) is 0 Å². The number of carbonyl (C=O) groups is 2. The Hall–Kier alpha value is -1.92. The van der Waals surface area contributed by atoms with Crippen molar-refractivity contribution < 1.29 is 19.2 Å². The molecule has 0 bridgehead atoms. The van der Waals surface area contributed by atoms with Gasteiger partial charge in [0.05, 0.1) is 6.42 Å². The fourth-order valence-corrected chi connectivity index (χ4v) is 2.87. The van der Waals surface area contributed by atoms with Crippen LogP contribution >= 0.6 is 0 Å². The normalized spacial score (nSPS) is 21.5. The lowest BCUT2D eigenvalue weighted by atomic mass is 10.1. The van der Waals surface area contributed by atoms with E-state index in [2.05, 4.69) is 5.48 Å². The number of ether oxygens (including phenoxy) is 1. The summed E-state index contributed by atoms with van der Waals surface area (Å²) in [5.74, 6) is -0.0412. The monoisotopic (exact) mass is 318 g/mol. The fraction of sp³-hybridized carbons (Fsp3) is 0.529. The molecule has 0 saturated carbocycles. The maximum Gasteiger partial charge on any atom is 0.248 e. The van der Waals surface area contributed by atoms with E-state index >= 15 is 0 Å². The van der Waals surface area contributed by atoms with Gasteiger partial charge < -0.3 is 9.64 Å². The number of hydrogen-bond donors (Lipinski definition) is 1. The Bertz CT molecular complexity index is 552. The lowest BCUT2D eigenvalue weighted by Gasteiger charge is -2.22. The molecular weight excluding hydrogens is 296 g/mol. The van der Waals surface area contributed by atoms with E-state index in [9.17, 15) is 9.59 Å². The van der Waals surface area contributed by atoms with Gasteiger partial charge in [-0.1, -0.05) is 12.1 Å². The summed E-state index contributed by atoms with van der Waals surface area (Å²) in [5, 5.41) is 0.